The zero-order valence-corrected chi connectivity index (χ0v) is 15.5. The van der Waals surface area contributed by atoms with Crippen molar-refractivity contribution in [2.24, 2.45) is 5.92 Å². The maximum Gasteiger partial charge on any atom is 0.416 e. The summed E-state index contributed by atoms with van der Waals surface area (Å²) in [4.78, 5) is 12.7. The molecule has 6 heteroatoms. The van der Waals surface area contributed by atoms with Gasteiger partial charge in [-0.1, -0.05) is 32.0 Å². The molecule has 2 unspecified atom stereocenters. The Morgan fingerprint density at radius 2 is 1.86 bits per heavy atom. The fraction of sp³-hybridized carbons (Fsp3) is 0.273. The van der Waals surface area contributed by atoms with Gasteiger partial charge in [-0.15, -0.1) is 0 Å². The van der Waals surface area contributed by atoms with Crippen LogP contribution in [0.2, 0.25) is 0 Å². The predicted molar refractivity (Wildman–Crippen MR) is 100 cm³/mol. The third-order valence-electron chi connectivity index (χ3n) is 5.01. The second kappa shape index (κ2) is 7.51. The van der Waals surface area contributed by atoms with Crippen LogP contribution >= 0.6 is 0 Å². The third-order valence-corrected chi connectivity index (χ3v) is 5.01. The van der Waals surface area contributed by atoms with Crippen molar-refractivity contribution in [3.8, 4) is 6.07 Å². The van der Waals surface area contributed by atoms with Crippen LogP contribution in [0.3, 0.4) is 0 Å². The number of nitrogens with zero attached hydrogens (tertiary/aromatic N) is 1. The van der Waals surface area contributed by atoms with E-state index in [2.05, 4.69) is 11.4 Å². The van der Waals surface area contributed by atoms with Crippen molar-refractivity contribution in [2.75, 3.05) is 5.32 Å². The Balaban J connectivity index is 1.95. The number of nitriles is 1. The molecule has 0 amide bonds. The lowest BCUT2D eigenvalue weighted by Gasteiger charge is -2.17. The van der Waals surface area contributed by atoms with E-state index in [1.807, 2.05) is 13.8 Å². The number of allylic oxidation sites excluding steroid dienone is 2. The molecule has 0 aliphatic heterocycles. The van der Waals surface area contributed by atoms with E-state index < -0.39 is 11.7 Å². The Hall–Kier alpha value is -3.07. The third kappa shape index (κ3) is 3.94. The van der Waals surface area contributed by atoms with Gasteiger partial charge in [-0.2, -0.15) is 18.4 Å². The summed E-state index contributed by atoms with van der Waals surface area (Å²) < 4.78 is 38.9. The van der Waals surface area contributed by atoms with E-state index in [1.165, 1.54) is 6.07 Å². The quantitative estimate of drug-likeness (QED) is 0.740. The van der Waals surface area contributed by atoms with Crippen LogP contribution in [0.4, 0.5) is 18.9 Å². The van der Waals surface area contributed by atoms with Gasteiger partial charge in [0.1, 0.15) is 0 Å². The monoisotopic (exact) mass is 384 g/mol. The minimum Gasteiger partial charge on any atom is -0.359 e. The first-order valence-electron chi connectivity index (χ1n) is 8.92. The van der Waals surface area contributed by atoms with Crippen molar-refractivity contribution in [1.29, 1.82) is 5.26 Å². The van der Waals surface area contributed by atoms with Gasteiger partial charge >= 0.3 is 6.18 Å². The van der Waals surface area contributed by atoms with Crippen LogP contribution in [0.25, 0.3) is 0 Å². The summed E-state index contributed by atoms with van der Waals surface area (Å²) in [5, 5.41) is 12.0. The van der Waals surface area contributed by atoms with E-state index >= 15 is 0 Å². The Morgan fingerprint density at radius 3 is 2.46 bits per heavy atom. The van der Waals surface area contributed by atoms with Gasteiger partial charge in [-0.25, -0.2) is 0 Å². The number of carbonyl (C=O) groups is 1. The second-order valence-corrected chi connectivity index (χ2v) is 7.02. The molecule has 0 saturated carbocycles. The molecule has 0 fully saturated rings. The van der Waals surface area contributed by atoms with Crippen LogP contribution in [0, 0.1) is 17.2 Å². The van der Waals surface area contributed by atoms with Crippen LogP contribution in [0.15, 0.2) is 59.8 Å². The maximum absolute atomic E-state index is 13.0. The number of alkyl halides is 3. The van der Waals surface area contributed by atoms with E-state index in [0.29, 0.717) is 28.9 Å². The van der Waals surface area contributed by atoms with Gasteiger partial charge in [-0.3, -0.25) is 4.79 Å². The van der Waals surface area contributed by atoms with Crippen molar-refractivity contribution < 1.29 is 18.0 Å². The first-order chi connectivity index (χ1) is 13.2. The summed E-state index contributed by atoms with van der Waals surface area (Å²) >= 11 is 0. The number of anilines is 1. The molecule has 3 nitrogen and oxygen atoms in total. The molecule has 0 saturated heterocycles. The van der Waals surface area contributed by atoms with Gasteiger partial charge in [0.05, 0.1) is 17.2 Å². The lowest BCUT2D eigenvalue weighted by Crippen LogP contribution is -2.12. The smallest absolute Gasteiger partial charge is 0.359 e. The summed E-state index contributed by atoms with van der Waals surface area (Å²) in [5.74, 6) is -0.478. The number of carbonyl (C=O) groups excluding carboxylic acids is 1. The Kier molecular flexibility index (Phi) is 5.28. The fourth-order valence-electron chi connectivity index (χ4n) is 3.48. The molecule has 2 aromatic carbocycles. The number of nitrogens with one attached hydrogen (secondary N) is 1. The minimum absolute atomic E-state index is 0.00802. The molecule has 3 rings (SSSR count). The fourth-order valence-corrected chi connectivity index (χ4v) is 3.48. The number of halogens is 3. The molecule has 2 aromatic rings. The highest BCUT2D eigenvalue weighted by Gasteiger charge is 2.34. The molecule has 0 bridgehead atoms. The highest BCUT2D eigenvalue weighted by Crippen LogP contribution is 2.38. The molecule has 2 atom stereocenters. The van der Waals surface area contributed by atoms with E-state index in [0.717, 1.165) is 17.7 Å². The number of hydrogen-bond donors (Lipinski definition) is 1. The van der Waals surface area contributed by atoms with Crippen molar-refractivity contribution >= 4 is 11.5 Å². The van der Waals surface area contributed by atoms with E-state index in [1.54, 1.807) is 30.3 Å². The standard InChI is InChI=1S/C22H19F3N2O/c1-13-10-19(27-18-5-3-4-17(11-18)22(23,24)25)20(21(13)28)14(2)16-8-6-15(12-26)7-9-16/h3-9,11,13-14,27H,10H2,1-2H3. The lowest BCUT2D eigenvalue weighted by molar-refractivity contribution is -0.137. The van der Waals surface area contributed by atoms with Gasteiger partial charge in [0.2, 0.25) is 0 Å². The van der Waals surface area contributed by atoms with Crippen LogP contribution < -0.4 is 5.32 Å². The molecule has 1 N–H and O–H groups in total. The average Bonchev–Trinajstić information content (AvgIpc) is 2.94. The van der Waals surface area contributed by atoms with Crippen LogP contribution in [-0.2, 0) is 11.0 Å². The zero-order valence-electron chi connectivity index (χ0n) is 15.5. The first-order valence-corrected chi connectivity index (χ1v) is 8.92. The van der Waals surface area contributed by atoms with Gasteiger partial charge in [0, 0.05) is 28.8 Å². The molecule has 0 radical (unpaired) electrons. The van der Waals surface area contributed by atoms with E-state index in [-0.39, 0.29) is 17.6 Å². The molecule has 28 heavy (non-hydrogen) atoms. The summed E-state index contributed by atoms with van der Waals surface area (Å²) in [6.45, 7) is 3.70. The van der Waals surface area contributed by atoms with Crippen LogP contribution in [-0.4, -0.2) is 5.78 Å². The highest BCUT2D eigenvalue weighted by molar-refractivity contribution is 6.02. The molecular formula is C22H19F3N2O. The predicted octanol–water partition coefficient (Wildman–Crippen LogP) is 5.66. The number of hydrogen-bond acceptors (Lipinski definition) is 3. The molecular weight excluding hydrogens is 365 g/mol. The summed E-state index contributed by atoms with van der Waals surface area (Å²) in [7, 11) is 0. The van der Waals surface area contributed by atoms with Crippen molar-refractivity contribution in [1.82, 2.24) is 0 Å². The summed E-state index contributed by atoms with van der Waals surface area (Å²) in [6.07, 6.45) is -3.98. The SMILES string of the molecule is CC1CC(Nc2cccc(C(F)(F)F)c2)=C(C(C)c2ccc(C#N)cc2)C1=O. The van der Waals surface area contributed by atoms with Crippen molar-refractivity contribution in [3.63, 3.8) is 0 Å². The minimum atomic E-state index is -4.43. The lowest BCUT2D eigenvalue weighted by atomic mass is 9.89. The Labute approximate surface area is 161 Å². The van der Waals surface area contributed by atoms with Crippen molar-refractivity contribution in [3.05, 3.63) is 76.5 Å². The maximum atomic E-state index is 13.0. The molecule has 144 valence electrons. The van der Waals surface area contributed by atoms with Gasteiger partial charge in [0.15, 0.2) is 5.78 Å². The Morgan fingerprint density at radius 1 is 1.18 bits per heavy atom. The Bertz CT molecular complexity index is 969. The van der Waals surface area contributed by atoms with Crippen molar-refractivity contribution in [2.45, 2.75) is 32.4 Å². The van der Waals surface area contributed by atoms with E-state index in [4.69, 9.17) is 5.26 Å². The number of ketones is 1. The first kappa shape index (κ1) is 19.7. The summed E-state index contributed by atoms with van der Waals surface area (Å²) in [6, 6.07) is 14.0. The highest BCUT2D eigenvalue weighted by atomic mass is 19.4. The average molecular weight is 384 g/mol. The largest absolute Gasteiger partial charge is 0.416 e. The second-order valence-electron chi connectivity index (χ2n) is 7.02. The van der Waals surface area contributed by atoms with Gasteiger partial charge in [-0.05, 0) is 42.3 Å². The van der Waals surface area contributed by atoms with Gasteiger partial charge in [0.25, 0.3) is 0 Å². The van der Waals surface area contributed by atoms with Gasteiger partial charge < -0.3 is 5.32 Å². The van der Waals surface area contributed by atoms with Crippen LogP contribution in [0.5, 0.6) is 0 Å². The molecule has 0 aromatic heterocycles. The molecule has 0 spiro atoms. The van der Waals surface area contributed by atoms with E-state index in [9.17, 15) is 18.0 Å². The number of Topliss-reactive ketones (excluding diaryl/α,β-unsaturated/α-hetero) is 1. The van der Waals surface area contributed by atoms with Crippen LogP contribution in [0.1, 0.15) is 42.9 Å². The topological polar surface area (TPSA) is 52.9 Å². The number of rotatable bonds is 4. The summed E-state index contributed by atoms with van der Waals surface area (Å²) in [5.41, 5.74) is 2.19. The normalized spacial score (nSPS) is 18.1. The number of benzene rings is 2. The molecule has 1 aliphatic carbocycles. The molecule has 0 heterocycles. The zero-order chi connectivity index (χ0) is 20.5. The molecule has 1 aliphatic rings.